The summed E-state index contributed by atoms with van der Waals surface area (Å²) >= 11 is 9.15. The number of thioether (sulfide) groups is 1. The highest BCUT2D eigenvalue weighted by atomic mass is 35.5. The first-order chi connectivity index (χ1) is 15.6. The number of hydrogen-bond donors (Lipinski definition) is 0. The van der Waals surface area contributed by atoms with Crippen LogP contribution in [0.5, 0.6) is 0 Å². The molecule has 3 heterocycles. The third-order valence-electron chi connectivity index (χ3n) is 5.97. The Hall–Kier alpha value is -2.12. The fourth-order valence-corrected chi connectivity index (χ4v) is 6.68. The molecule has 7 heteroatoms. The molecule has 2 aliphatic heterocycles. The van der Waals surface area contributed by atoms with Gasteiger partial charge in [0.05, 0.1) is 9.09 Å². The first-order valence-corrected chi connectivity index (χ1v) is 12.9. The summed E-state index contributed by atoms with van der Waals surface area (Å²) in [5, 5.41) is 0.744. The minimum absolute atomic E-state index is 0.0600. The van der Waals surface area contributed by atoms with Gasteiger partial charge in [0, 0.05) is 55.5 Å². The number of halogens is 1. The van der Waals surface area contributed by atoms with Crippen LogP contribution in [-0.2, 0) is 6.54 Å². The van der Waals surface area contributed by atoms with Gasteiger partial charge in [0.1, 0.15) is 0 Å². The van der Waals surface area contributed by atoms with Gasteiger partial charge >= 0.3 is 0 Å². The molecule has 2 aliphatic rings. The third kappa shape index (κ3) is 4.64. The zero-order chi connectivity index (χ0) is 22.1. The maximum absolute atomic E-state index is 13.0. The lowest BCUT2D eigenvalue weighted by molar-refractivity contribution is 0.0633. The van der Waals surface area contributed by atoms with Crippen LogP contribution in [0.4, 0.5) is 0 Å². The molecule has 0 N–H and O–H groups in total. The van der Waals surface area contributed by atoms with Crippen molar-refractivity contribution in [1.29, 1.82) is 0 Å². The van der Waals surface area contributed by atoms with E-state index in [1.165, 1.54) is 22.5 Å². The number of carbonyl (C=O) groups excluding carboxylic acids is 2. The molecule has 1 amide bonds. The van der Waals surface area contributed by atoms with Gasteiger partial charge in [0.25, 0.3) is 5.91 Å². The Morgan fingerprint density at radius 3 is 2.25 bits per heavy atom. The minimum Gasteiger partial charge on any atom is -0.335 e. The van der Waals surface area contributed by atoms with Crippen molar-refractivity contribution in [2.75, 3.05) is 31.9 Å². The number of fused-ring (bicyclic) bond motifs is 1. The molecule has 0 spiro atoms. The number of carbonyl (C=O) groups is 2. The molecule has 5 rings (SSSR count). The summed E-state index contributed by atoms with van der Waals surface area (Å²) in [6, 6.07) is 18.3. The molecule has 3 aromatic rings. The second kappa shape index (κ2) is 9.40. The first kappa shape index (κ1) is 21.7. The highest BCUT2D eigenvalue weighted by Crippen LogP contribution is 2.37. The molecule has 2 aromatic carbocycles. The van der Waals surface area contributed by atoms with Crippen molar-refractivity contribution in [2.24, 2.45) is 0 Å². The number of piperazine rings is 1. The average Bonchev–Trinajstić information content (AvgIpc) is 3.26. The third-order valence-corrected chi connectivity index (χ3v) is 8.63. The first-order valence-electron chi connectivity index (χ1n) is 10.7. The van der Waals surface area contributed by atoms with Crippen molar-refractivity contribution in [3.63, 3.8) is 0 Å². The molecule has 0 aliphatic carbocycles. The molecular weight excluding hydrogens is 460 g/mol. The molecule has 0 saturated carbocycles. The van der Waals surface area contributed by atoms with Gasteiger partial charge in [-0.1, -0.05) is 48.0 Å². The summed E-state index contributed by atoms with van der Waals surface area (Å²) in [6.07, 6.45) is 0.571. The van der Waals surface area contributed by atoms with Crippen molar-refractivity contribution in [3.05, 3.63) is 75.6 Å². The second-order valence-corrected chi connectivity index (χ2v) is 11.0. The normalized spacial score (nSPS) is 16.8. The Bertz CT molecular complexity index is 1130. The Balaban J connectivity index is 1.17. The smallest absolute Gasteiger partial charge is 0.264 e. The van der Waals surface area contributed by atoms with Crippen molar-refractivity contribution >= 4 is 46.4 Å². The Morgan fingerprint density at radius 2 is 1.59 bits per heavy atom. The topological polar surface area (TPSA) is 40.6 Å². The van der Waals surface area contributed by atoms with Crippen LogP contribution in [0.1, 0.15) is 32.0 Å². The maximum atomic E-state index is 13.0. The van der Waals surface area contributed by atoms with Crippen molar-refractivity contribution < 1.29 is 9.59 Å². The lowest BCUT2D eigenvalue weighted by Crippen LogP contribution is -2.48. The standard InChI is InChI=1S/C25H23ClN2O2S2/c26-20-7-5-19(6-8-20)18-3-1-17(2-4-18)16-27-10-12-28(13-11-27)24(30)23-15-21-22(29)9-14-31-25(21)32-23/h1-8,15H,9-14,16H2. The molecule has 0 atom stereocenters. The van der Waals surface area contributed by atoms with E-state index in [-0.39, 0.29) is 11.7 Å². The molecule has 164 valence electrons. The number of rotatable bonds is 4. The van der Waals surface area contributed by atoms with Gasteiger partial charge in [0.15, 0.2) is 5.78 Å². The molecule has 1 saturated heterocycles. The van der Waals surface area contributed by atoms with E-state index in [1.54, 1.807) is 11.8 Å². The summed E-state index contributed by atoms with van der Waals surface area (Å²) < 4.78 is 1.00. The Labute approximate surface area is 201 Å². The van der Waals surface area contributed by atoms with Crippen LogP contribution in [0.25, 0.3) is 11.1 Å². The molecule has 1 fully saturated rings. The maximum Gasteiger partial charge on any atom is 0.264 e. The lowest BCUT2D eigenvalue weighted by Gasteiger charge is -2.34. The fraction of sp³-hybridized carbons (Fsp3) is 0.280. The largest absolute Gasteiger partial charge is 0.335 e. The van der Waals surface area contributed by atoms with Crippen molar-refractivity contribution in [1.82, 2.24) is 9.80 Å². The number of nitrogens with zero attached hydrogens (tertiary/aromatic N) is 2. The summed E-state index contributed by atoms with van der Waals surface area (Å²) in [4.78, 5) is 30.1. The number of amides is 1. The van der Waals surface area contributed by atoms with Gasteiger partial charge in [0.2, 0.25) is 0 Å². The van der Waals surface area contributed by atoms with Gasteiger partial charge in [-0.05, 0) is 34.9 Å². The zero-order valence-electron chi connectivity index (χ0n) is 17.6. The lowest BCUT2D eigenvalue weighted by atomic mass is 10.0. The quantitative estimate of drug-likeness (QED) is 0.478. The zero-order valence-corrected chi connectivity index (χ0v) is 19.9. The van der Waals surface area contributed by atoms with E-state index < -0.39 is 0 Å². The van der Waals surface area contributed by atoms with E-state index in [9.17, 15) is 9.59 Å². The monoisotopic (exact) mass is 482 g/mol. The van der Waals surface area contributed by atoms with Gasteiger partial charge in [-0.3, -0.25) is 14.5 Å². The highest BCUT2D eigenvalue weighted by Gasteiger charge is 2.27. The van der Waals surface area contributed by atoms with Crippen LogP contribution in [0.2, 0.25) is 5.02 Å². The van der Waals surface area contributed by atoms with E-state index in [0.29, 0.717) is 24.4 Å². The SMILES string of the molecule is O=C1CCSc2sc(C(=O)N3CCN(Cc4ccc(-c5ccc(Cl)cc5)cc4)CC3)cc21. The van der Waals surface area contributed by atoms with Gasteiger partial charge < -0.3 is 4.90 Å². The highest BCUT2D eigenvalue weighted by molar-refractivity contribution is 8.01. The number of hydrogen-bond acceptors (Lipinski definition) is 5. The summed E-state index contributed by atoms with van der Waals surface area (Å²) in [5.41, 5.74) is 4.35. The number of Topliss-reactive ketones (excluding diaryl/α,β-unsaturated/α-hetero) is 1. The molecule has 0 unspecified atom stereocenters. The van der Waals surface area contributed by atoms with Crippen molar-refractivity contribution in [3.8, 4) is 11.1 Å². The molecule has 0 radical (unpaired) electrons. The number of ketones is 1. The van der Waals surface area contributed by atoms with E-state index >= 15 is 0 Å². The minimum atomic E-state index is 0.0600. The van der Waals surface area contributed by atoms with Gasteiger partial charge in [-0.15, -0.1) is 23.1 Å². The van der Waals surface area contributed by atoms with E-state index in [2.05, 4.69) is 29.2 Å². The molecule has 0 bridgehead atoms. The van der Waals surface area contributed by atoms with Gasteiger partial charge in [-0.25, -0.2) is 0 Å². The fourth-order valence-electron chi connectivity index (χ4n) is 4.12. The number of benzene rings is 2. The van der Waals surface area contributed by atoms with E-state index in [0.717, 1.165) is 45.7 Å². The number of thiophene rings is 1. The summed E-state index contributed by atoms with van der Waals surface area (Å²) in [7, 11) is 0. The summed E-state index contributed by atoms with van der Waals surface area (Å²) in [6.45, 7) is 4.00. The molecular formula is C25H23ClN2O2S2. The van der Waals surface area contributed by atoms with Crippen LogP contribution in [0, 0.1) is 0 Å². The van der Waals surface area contributed by atoms with Crippen LogP contribution in [0.15, 0.2) is 58.8 Å². The molecule has 32 heavy (non-hydrogen) atoms. The molecule has 1 aromatic heterocycles. The Kier molecular flexibility index (Phi) is 6.37. The van der Waals surface area contributed by atoms with E-state index in [4.69, 9.17) is 11.6 Å². The van der Waals surface area contributed by atoms with Crippen LogP contribution in [-0.4, -0.2) is 53.4 Å². The molecule has 4 nitrogen and oxygen atoms in total. The predicted molar refractivity (Wildman–Crippen MR) is 132 cm³/mol. The van der Waals surface area contributed by atoms with Crippen LogP contribution in [0.3, 0.4) is 0 Å². The summed E-state index contributed by atoms with van der Waals surface area (Å²) in [5.74, 6) is 1.05. The Morgan fingerprint density at radius 1 is 0.938 bits per heavy atom. The van der Waals surface area contributed by atoms with Crippen molar-refractivity contribution in [2.45, 2.75) is 17.2 Å². The van der Waals surface area contributed by atoms with Crippen LogP contribution >= 0.6 is 34.7 Å². The van der Waals surface area contributed by atoms with Gasteiger partial charge in [-0.2, -0.15) is 0 Å². The second-order valence-electron chi connectivity index (χ2n) is 8.11. The average molecular weight is 483 g/mol. The predicted octanol–water partition coefficient (Wildman–Crippen LogP) is 5.71. The van der Waals surface area contributed by atoms with Crippen LogP contribution < -0.4 is 0 Å². The van der Waals surface area contributed by atoms with E-state index in [1.807, 2.05) is 35.2 Å².